The van der Waals surface area contributed by atoms with E-state index in [0.717, 1.165) is 17.7 Å². The minimum Gasteiger partial charge on any atom is -0.494 e. The van der Waals surface area contributed by atoms with Gasteiger partial charge in [-0.25, -0.2) is 4.98 Å². The van der Waals surface area contributed by atoms with Crippen LogP contribution in [0.2, 0.25) is 5.02 Å². The van der Waals surface area contributed by atoms with Crippen LogP contribution in [0.25, 0.3) is 0 Å². The molecule has 2 aromatic rings. The highest BCUT2D eigenvalue weighted by atomic mass is 35.5. The molecule has 2 heterocycles. The second-order valence-corrected chi connectivity index (χ2v) is 7.61. The van der Waals surface area contributed by atoms with Gasteiger partial charge in [0.2, 0.25) is 0 Å². The molecular formula is C18H19ClN4O2S. The molecular weight excluding hydrogens is 372 g/mol. The summed E-state index contributed by atoms with van der Waals surface area (Å²) < 4.78 is 5.19. The first-order chi connectivity index (χ1) is 12.4. The third kappa shape index (κ3) is 3.94. The Labute approximate surface area is 161 Å². The van der Waals surface area contributed by atoms with Gasteiger partial charge in [0.25, 0.3) is 5.91 Å². The number of hydrogen-bond donors (Lipinski definition) is 2. The van der Waals surface area contributed by atoms with E-state index >= 15 is 0 Å². The van der Waals surface area contributed by atoms with Crippen molar-refractivity contribution in [2.45, 2.75) is 18.9 Å². The van der Waals surface area contributed by atoms with Crippen LogP contribution in [0.15, 0.2) is 41.5 Å². The van der Waals surface area contributed by atoms with Crippen LogP contribution in [-0.4, -0.2) is 28.9 Å². The number of methoxy groups -OCH3 is 1. The Morgan fingerprint density at radius 1 is 1.42 bits per heavy atom. The number of thioether (sulfide) groups is 1. The molecule has 3 N–H and O–H groups in total. The molecule has 1 aromatic carbocycles. The number of hydrogen-bond acceptors (Lipinski definition) is 6. The number of amides is 1. The number of benzene rings is 1. The van der Waals surface area contributed by atoms with Gasteiger partial charge in [-0.05, 0) is 31.0 Å². The van der Waals surface area contributed by atoms with Crippen LogP contribution < -0.4 is 15.8 Å². The Kier molecular flexibility index (Phi) is 5.38. The number of carbonyl (C=O) groups is 1. The van der Waals surface area contributed by atoms with Crippen LogP contribution in [0.3, 0.4) is 0 Å². The number of aliphatic imine (C=N–C) groups is 1. The van der Waals surface area contributed by atoms with E-state index in [4.69, 9.17) is 22.1 Å². The Balaban J connectivity index is 1.85. The van der Waals surface area contributed by atoms with Crippen LogP contribution in [-0.2, 0) is 5.54 Å². The van der Waals surface area contributed by atoms with Crippen LogP contribution in [0.1, 0.15) is 29.4 Å². The number of amidine groups is 1. The minimum absolute atomic E-state index is 0.171. The van der Waals surface area contributed by atoms with Crippen LogP contribution in [0.4, 0.5) is 5.69 Å². The molecule has 1 unspecified atom stereocenters. The number of nitrogens with two attached hydrogens (primary N) is 1. The highest BCUT2D eigenvalue weighted by Gasteiger charge is 2.29. The van der Waals surface area contributed by atoms with Crippen molar-refractivity contribution in [3.8, 4) is 5.75 Å². The van der Waals surface area contributed by atoms with Gasteiger partial charge in [0.1, 0.15) is 0 Å². The molecule has 1 aliphatic heterocycles. The van der Waals surface area contributed by atoms with Crippen molar-refractivity contribution in [3.63, 3.8) is 0 Å². The van der Waals surface area contributed by atoms with Gasteiger partial charge in [-0.2, -0.15) is 0 Å². The molecule has 1 aromatic heterocycles. The van der Waals surface area contributed by atoms with Crippen molar-refractivity contribution in [1.29, 1.82) is 0 Å². The first-order valence-corrected chi connectivity index (χ1v) is 9.37. The first kappa shape index (κ1) is 18.5. The maximum atomic E-state index is 12.6. The normalized spacial score (nSPS) is 19.6. The average Bonchev–Trinajstić information content (AvgIpc) is 2.61. The second-order valence-electron chi connectivity index (χ2n) is 6.06. The van der Waals surface area contributed by atoms with Crippen molar-refractivity contribution in [1.82, 2.24) is 4.98 Å². The number of carbonyl (C=O) groups excluding carboxylic acids is 1. The number of nitrogens with zero attached hydrogens (tertiary/aromatic N) is 2. The number of nitrogens with one attached hydrogen (secondary N) is 1. The van der Waals surface area contributed by atoms with E-state index in [9.17, 15) is 4.79 Å². The van der Waals surface area contributed by atoms with Crippen LogP contribution >= 0.6 is 23.4 Å². The van der Waals surface area contributed by atoms with E-state index in [1.54, 1.807) is 17.8 Å². The summed E-state index contributed by atoms with van der Waals surface area (Å²) in [6.07, 6.45) is 2.29. The average molecular weight is 391 g/mol. The van der Waals surface area contributed by atoms with Crippen LogP contribution in [0.5, 0.6) is 5.75 Å². The van der Waals surface area contributed by atoms with Gasteiger partial charge in [0, 0.05) is 23.7 Å². The fraction of sp³-hybridized carbons (Fsp3) is 0.278. The molecule has 1 atom stereocenters. The monoisotopic (exact) mass is 390 g/mol. The summed E-state index contributed by atoms with van der Waals surface area (Å²) in [4.78, 5) is 21.2. The van der Waals surface area contributed by atoms with Gasteiger partial charge in [-0.15, -0.1) is 0 Å². The van der Waals surface area contributed by atoms with E-state index in [2.05, 4.69) is 15.3 Å². The van der Waals surface area contributed by atoms with Crippen molar-refractivity contribution in [2.75, 3.05) is 18.2 Å². The molecule has 3 rings (SSSR count). The zero-order valence-corrected chi connectivity index (χ0v) is 16.0. The molecule has 0 fully saturated rings. The molecule has 0 aliphatic carbocycles. The molecule has 0 saturated heterocycles. The summed E-state index contributed by atoms with van der Waals surface area (Å²) in [7, 11) is 1.47. The number of anilines is 1. The third-order valence-electron chi connectivity index (χ3n) is 4.19. The highest BCUT2D eigenvalue weighted by molar-refractivity contribution is 8.13. The quantitative estimate of drug-likeness (QED) is 0.831. The molecule has 0 bridgehead atoms. The number of ether oxygens (including phenoxy) is 1. The Hall–Kier alpha value is -2.25. The minimum atomic E-state index is -0.397. The van der Waals surface area contributed by atoms with E-state index in [1.165, 1.54) is 13.3 Å². The predicted octanol–water partition coefficient (Wildman–Crippen LogP) is 3.66. The molecule has 6 nitrogen and oxygen atoms in total. The van der Waals surface area contributed by atoms with Crippen LogP contribution in [0, 0.1) is 0 Å². The summed E-state index contributed by atoms with van der Waals surface area (Å²) in [6, 6.07) is 9.16. The predicted molar refractivity (Wildman–Crippen MR) is 106 cm³/mol. The molecule has 8 heteroatoms. The van der Waals surface area contributed by atoms with E-state index < -0.39 is 5.54 Å². The molecule has 0 radical (unpaired) electrons. The molecule has 1 amide bonds. The fourth-order valence-electron chi connectivity index (χ4n) is 2.76. The van der Waals surface area contributed by atoms with Crippen molar-refractivity contribution >= 4 is 40.1 Å². The second kappa shape index (κ2) is 7.55. The van der Waals surface area contributed by atoms with E-state index in [1.807, 2.05) is 31.2 Å². The zero-order chi connectivity index (χ0) is 18.7. The summed E-state index contributed by atoms with van der Waals surface area (Å²) in [5, 5.41) is 3.84. The summed E-state index contributed by atoms with van der Waals surface area (Å²) in [6.45, 7) is 2.05. The zero-order valence-electron chi connectivity index (χ0n) is 14.5. The number of pyridine rings is 1. The lowest BCUT2D eigenvalue weighted by Crippen LogP contribution is -2.28. The van der Waals surface area contributed by atoms with E-state index in [-0.39, 0.29) is 11.6 Å². The molecule has 1 aliphatic rings. The van der Waals surface area contributed by atoms with Gasteiger partial charge in [-0.3, -0.25) is 9.79 Å². The summed E-state index contributed by atoms with van der Waals surface area (Å²) in [5.41, 5.74) is 7.32. The van der Waals surface area contributed by atoms with Crippen molar-refractivity contribution < 1.29 is 9.53 Å². The molecule has 136 valence electrons. The summed E-state index contributed by atoms with van der Waals surface area (Å²) in [5.74, 6) is 0.858. The lowest BCUT2D eigenvalue weighted by molar-refractivity contribution is 0.101. The standard InChI is InChI=1S/C18H19ClN4O2S/c1-18(6-7-26-17(20)23-18)11-4-3-5-13(8-11)22-16(24)15-14(25-2)9-12(19)10-21-15/h3-5,8-10H,6-7H2,1-2H3,(H2,20,23)(H,22,24). The molecule has 0 spiro atoms. The highest BCUT2D eigenvalue weighted by Crippen LogP contribution is 2.36. The number of halogens is 1. The maximum Gasteiger partial charge on any atom is 0.278 e. The smallest absolute Gasteiger partial charge is 0.278 e. The SMILES string of the molecule is COc1cc(Cl)cnc1C(=O)Nc1cccc(C2(C)CCSC(N)=N2)c1. The first-order valence-electron chi connectivity index (χ1n) is 8.01. The number of aromatic nitrogens is 1. The summed E-state index contributed by atoms with van der Waals surface area (Å²) >= 11 is 7.45. The third-order valence-corrected chi connectivity index (χ3v) is 5.19. The molecule has 26 heavy (non-hydrogen) atoms. The Bertz CT molecular complexity index is 874. The van der Waals surface area contributed by atoms with Gasteiger partial charge >= 0.3 is 0 Å². The molecule has 0 saturated carbocycles. The van der Waals surface area contributed by atoms with Crippen molar-refractivity contribution in [3.05, 3.63) is 52.8 Å². The lowest BCUT2D eigenvalue weighted by atomic mass is 9.89. The Morgan fingerprint density at radius 3 is 2.96 bits per heavy atom. The Morgan fingerprint density at radius 2 is 2.23 bits per heavy atom. The van der Waals surface area contributed by atoms with Crippen molar-refractivity contribution in [2.24, 2.45) is 10.7 Å². The largest absolute Gasteiger partial charge is 0.494 e. The fourth-order valence-corrected chi connectivity index (χ4v) is 3.89. The van der Waals surface area contributed by atoms with Gasteiger partial charge in [0.15, 0.2) is 16.6 Å². The lowest BCUT2D eigenvalue weighted by Gasteiger charge is -2.30. The topological polar surface area (TPSA) is 89.6 Å². The van der Waals surface area contributed by atoms with E-state index in [0.29, 0.717) is 21.6 Å². The van der Waals surface area contributed by atoms with Gasteiger partial charge in [-0.1, -0.05) is 35.5 Å². The number of rotatable bonds is 4. The van der Waals surface area contributed by atoms with Gasteiger partial charge < -0.3 is 15.8 Å². The van der Waals surface area contributed by atoms with Gasteiger partial charge in [0.05, 0.1) is 17.7 Å². The maximum absolute atomic E-state index is 12.6.